The molecule has 1 aromatic carbocycles. The van der Waals surface area contributed by atoms with Crippen LogP contribution in [-0.4, -0.2) is 24.3 Å². The van der Waals surface area contributed by atoms with Crippen molar-refractivity contribution in [1.29, 1.82) is 0 Å². The number of halogens is 1. The largest absolute Gasteiger partial charge is 0.481 e. The van der Waals surface area contributed by atoms with Gasteiger partial charge in [-0.2, -0.15) is 0 Å². The molecule has 1 aliphatic rings. The molecule has 2 unspecified atom stereocenters. The normalized spacial score (nSPS) is 21.4. The highest BCUT2D eigenvalue weighted by atomic mass is 35.5. The van der Waals surface area contributed by atoms with Crippen LogP contribution in [0.2, 0.25) is 5.02 Å². The lowest BCUT2D eigenvalue weighted by Crippen LogP contribution is -2.26. The van der Waals surface area contributed by atoms with Crippen molar-refractivity contribution in [3.8, 4) is 0 Å². The molecule has 0 amide bonds. The predicted octanol–water partition coefficient (Wildman–Crippen LogP) is 2.62. The van der Waals surface area contributed by atoms with Gasteiger partial charge in [0, 0.05) is 11.6 Å². The van der Waals surface area contributed by atoms with Crippen molar-refractivity contribution in [1.82, 2.24) is 0 Å². The summed E-state index contributed by atoms with van der Waals surface area (Å²) in [7, 11) is 0. The molecule has 3 nitrogen and oxygen atoms in total. The summed E-state index contributed by atoms with van der Waals surface area (Å²) in [4.78, 5) is 11.3. The average Bonchev–Trinajstić information content (AvgIpc) is 2.78. The third-order valence-corrected chi connectivity index (χ3v) is 3.43. The monoisotopic (exact) mass is 254 g/mol. The van der Waals surface area contributed by atoms with Gasteiger partial charge in [0.2, 0.25) is 0 Å². The topological polar surface area (TPSA) is 46.5 Å². The molecule has 1 N–H and O–H groups in total. The lowest BCUT2D eigenvalue weighted by Gasteiger charge is -2.18. The second kappa shape index (κ2) is 5.52. The van der Waals surface area contributed by atoms with E-state index in [9.17, 15) is 9.90 Å². The molecule has 1 aliphatic heterocycles. The number of rotatable bonds is 4. The fraction of sp³-hybridized carbons (Fsp3) is 0.462. The van der Waals surface area contributed by atoms with Gasteiger partial charge in [-0.1, -0.05) is 23.7 Å². The standard InChI is InChI=1S/C13H15ClO3/c14-11-3-1-2-9(6-11)7-12(13(15)16)10-4-5-17-8-10/h1-3,6,10,12H,4-5,7-8H2,(H,15,16). The number of hydrogen-bond donors (Lipinski definition) is 1. The van der Waals surface area contributed by atoms with Gasteiger partial charge in [0.15, 0.2) is 0 Å². The van der Waals surface area contributed by atoms with E-state index in [4.69, 9.17) is 16.3 Å². The zero-order chi connectivity index (χ0) is 12.3. The Morgan fingerprint density at radius 2 is 2.41 bits per heavy atom. The second-order valence-electron chi connectivity index (χ2n) is 4.40. The molecule has 2 rings (SSSR count). The Morgan fingerprint density at radius 3 is 3.00 bits per heavy atom. The number of carboxylic acid groups (broad SMARTS) is 1. The lowest BCUT2D eigenvalue weighted by molar-refractivity contribution is -0.143. The van der Waals surface area contributed by atoms with Crippen LogP contribution in [0.15, 0.2) is 24.3 Å². The van der Waals surface area contributed by atoms with E-state index >= 15 is 0 Å². The maximum atomic E-state index is 11.3. The number of carbonyl (C=O) groups is 1. The molecule has 0 radical (unpaired) electrons. The van der Waals surface area contributed by atoms with Crippen molar-refractivity contribution in [2.45, 2.75) is 12.8 Å². The van der Waals surface area contributed by atoms with Crippen molar-refractivity contribution >= 4 is 17.6 Å². The van der Waals surface area contributed by atoms with Gasteiger partial charge in [-0.05, 0) is 36.5 Å². The molecule has 4 heteroatoms. The molecule has 0 aromatic heterocycles. The van der Waals surface area contributed by atoms with Crippen LogP contribution in [0.1, 0.15) is 12.0 Å². The third-order valence-electron chi connectivity index (χ3n) is 3.20. The SMILES string of the molecule is O=C(O)C(Cc1cccc(Cl)c1)C1CCOC1. The minimum Gasteiger partial charge on any atom is -0.481 e. The van der Waals surface area contributed by atoms with Crippen molar-refractivity contribution in [2.24, 2.45) is 11.8 Å². The van der Waals surface area contributed by atoms with Gasteiger partial charge in [0.1, 0.15) is 0 Å². The predicted molar refractivity (Wildman–Crippen MR) is 65.2 cm³/mol. The van der Waals surface area contributed by atoms with E-state index in [2.05, 4.69) is 0 Å². The summed E-state index contributed by atoms with van der Waals surface area (Å²) in [6, 6.07) is 7.38. The lowest BCUT2D eigenvalue weighted by atomic mass is 9.86. The quantitative estimate of drug-likeness (QED) is 0.899. The summed E-state index contributed by atoms with van der Waals surface area (Å²) in [5.41, 5.74) is 0.969. The molecule has 1 saturated heterocycles. The van der Waals surface area contributed by atoms with Crippen LogP contribution >= 0.6 is 11.6 Å². The van der Waals surface area contributed by atoms with Gasteiger partial charge >= 0.3 is 5.97 Å². The van der Waals surface area contributed by atoms with Crippen LogP contribution in [0.4, 0.5) is 0 Å². The summed E-state index contributed by atoms with van der Waals surface area (Å²) in [5.74, 6) is -1.01. The van der Waals surface area contributed by atoms with E-state index in [1.54, 1.807) is 6.07 Å². The molecule has 17 heavy (non-hydrogen) atoms. The second-order valence-corrected chi connectivity index (χ2v) is 4.84. The van der Waals surface area contributed by atoms with Gasteiger partial charge in [-0.15, -0.1) is 0 Å². The molecule has 92 valence electrons. The fourth-order valence-corrected chi connectivity index (χ4v) is 2.46. The van der Waals surface area contributed by atoms with E-state index < -0.39 is 5.97 Å². The van der Waals surface area contributed by atoms with Crippen molar-refractivity contribution in [3.63, 3.8) is 0 Å². The number of benzene rings is 1. The summed E-state index contributed by atoms with van der Waals surface area (Å²) >= 11 is 5.90. The van der Waals surface area contributed by atoms with E-state index in [0.717, 1.165) is 12.0 Å². The minimum atomic E-state index is -0.750. The summed E-state index contributed by atoms with van der Waals surface area (Å²) < 4.78 is 5.26. The Balaban J connectivity index is 2.09. The molecule has 0 spiro atoms. The molecule has 1 aromatic rings. The van der Waals surface area contributed by atoms with E-state index in [1.807, 2.05) is 18.2 Å². The van der Waals surface area contributed by atoms with E-state index in [0.29, 0.717) is 24.7 Å². The number of aliphatic carboxylic acids is 1. The Bertz CT molecular complexity index is 399. The molecular weight excluding hydrogens is 240 g/mol. The summed E-state index contributed by atoms with van der Waals surface area (Å²) in [5, 5.41) is 9.92. The number of ether oxygens (including phenoxy) is 1. The maximum absolute atomic E-state index is 11.3. The Morgan fingerprint density at radius 1 is 1.59 bits per heavy atom. The van der Waals surface area contributed by atoms with Crippen LogP contribution in [0, 0.1) is 11.8 Å². The smallest absolute Gasteiger partial charge is 0.307 e. The molecule has 0 saturated carbocycles. The first-order valence-corrected chi connectivity index (χ1v) is 6.09. The zero-order valence-corrected chi connectivity index (χ0v) is 10.2. The van der Waals surface area contributed by atoms with Crippen molar-refractivity contribution in [2.75, 3.05) is 13.2 Å². The fourth-order valence-electron chi connectivity index (χ4n) is 2.24. The Kier molecular flexibility index (Phi) is 4.02. The molecule has 0 aliphatic carbocycles. The third kappa shape index (κ3) is 3.20. The highest BCUT2D eigenvalue weighted by Crippen LogP contribution is 2.26. The van der Waals surface area contributed by atoms with Gasteiger partial charge < -0.3 is 9.84 Å². The van der Waals surface area contributed by atoms with Gasteiger partial charge in [-0.3, -0.25) is 4.79 Å². The minimum absolute atomic E-state index is 0.117. The molecular formula is C13H15ClO3. The zero-order valence-electron chi connectivity index (χ0n) is 9.43. The van der Waals surface area contributed by atoms with Crippen LogP contribution in [-0.2, 0) is 16.0 Å². The van der Waals surface area contributed by atoms with Crippen molar-refractivity contribution in [3.05, 3.63) is 34.9 Å². The highest BCUT2D eigenvalue weighted by Gasteiger charge is 2.31. The van der Waals surface area contributed by atoms with Gasteiger partial charge in [0.05, 0.1) is 12.5 Å². The van der Waals surface area contributed by atoms with E-state index in [1.165, 1.54) is 0 Å². The summed E-state index contributed by atoms with van der Waals surface area (Å²) in [6.07, 6.45) is 1.35. The molecule has 2 atom stereocenters. The first-order valence-electron chi connectivity index (χ1n) is 5.72. The first kappa shape index (κ1) is 12.4. The van der Waals surface area contributed by atoms with Crippen LogP contribution in [0.5, 0.6) is 0 Å². The van der Waals surface area contributed by atoms with Crippen LogP contribution < -0.4 is 0 Å². The summed E-state index contributed by atoms with van der Waals surface area (Å²) in [6.45, 7) is 1.22. The Hall–Kier alpha value is -1.06. The molecule has 1 fully saturated rings. The van der Waals surface area contributed by atoms with Crippen LogP contribution in [0.3, 0.4) is 0 Å². The van der Waals surface area contributed by atoms with Crippen LogP contribution in [0.25, 0.3) is 0 Å². The van der Waals surface area contributed by atoms with Crippen molar-refractivity contribution < 1.29 is 14.6 Å². The molecule has 0 bridgehead atoms. The van der Waals surface area contributed by atoms with E-state index in [-0.39, 0.29) is 11.8 Å². The maximum Gasteiger partial charge on any atom is 0.307 e. The first-order chi connectivity index (χ1) is 8.16. The highest BCUT2D eigenvalue weighted by molar-refractivity contribution is 6.30. The van der Waals surface area contributed by atoms with Gasteiger partial charge in [-0.25, -0.2) is 0 Å². The number of hydrogen-bond acceptors (Lipinski definition) is 2. The molecule has 1 heterocycles. The van der Waals surface area contributed by atoms with Gasteiger partial charge in [0.25, 0.3) is 0 Å². The Labute approximate surface area is 105 Å². The number of carboxylic acids is 1. The average molecular weight is 255 g/mol.